The first-order valence-electron chi connectivity index (χ1n) is 5.79. The molecule has 0 aliphatic heterocycles. The predicted molar refractivity (Wildman–Crippen MR) is 57.6 cm³/mol. The standard InChI is InChI=1S/C13H12F4O/c14-10-6-3-5-9(12(10)13(15,16)17)8-4-1-2-7-11(8)18/h3,5-6,8H,1-2,4,7H2. The first-order valence-corrected chi connectivity index (χ1v) is 5.79. The maximum Gasteiger partial charge on any atom is 0.419 e. The Balaban J connectivity index is 2.50. The van der Waals surface area contributed by atoms with Crippen molar-refractivity contribution >= 4 is 5.78 Å². The zero-order valence-electron chi connectivity index (χ0n) is 9.56. The second kappa shape index (κ2) is 4.71. The van der Waals surface area contributed by atoms with E-state index in [0.717, 1.165) is 6.07 Å². The van der Waals surface area contributed by atoms with Crippen LogP contribution in [0.2, 0.25) is 0 Å². The number of halogens is 4. The van der Waals surface area contributed by atoms with Crippen LogP contribution < -0.4 is 0 Å². The zero-order chi connectivity index (χ0) is 13.3. The normalized spacial score (nSPS) is 21.1. The number of rotatable bonds is 1. The van der Waals surface area contributed by atoms with E-state index in [1.54, 1.807) is 0 Å². The van der Waals surface area contributed by atoms with Gasteiger partial charge in [-0.15, -0.1) is 0 Å². The van der Waals surface area contributed by atoms with Crippen LogP contribution in [0.15, 0.2) is 18.2 Å². The van der Waals surface area contributed by atoms with Crippen molar-refractivity contribution in [3.8, 4) is 0 Å². The van der Waals surface area contributed by atoms with E-state index in [9.17, 15) is 22.4 Å². The van der Waals surface area contributed by atoms with Crippen LogP contribution in [0.5, 0.6) is 0 Å². The van der Waals surface area contributed by atoms with E-state index >= 15 is 0 Å². The number of hydrogen-bond acceptors (Lipinski definition) is 1. The fourth-order valence-corrected chi connectivity index (χ4v) is 2.44. The van der Waals surface area contributed by atoms with Gasteiger partial charge in [-0.25, -0.2) is 4.39 Å². The summed E-state index contributed by atoms with van der Waals surface area (Å²) in [6.45, 7) is 0. The molecular weight excluding hydrogens is 248 g/mol. The highest BCUT2D eigenvalue weighted by molar-refractivity contribution is 5.86. The highest BCUT2D eigenvalue weighted by atomic mass is 19.4. The molecule has 1 aromatic carbocycles. The van der Waals surface area contributed by atoms with Crippen LogP contribution >= 0.6 is 0 Å². The first-order chi connectivity index (χ1) is 8.41. The second-order valence-electron chi connectivity index (χ2n) is 4.47. The van der Waals surface area contributed by atoms with Gasteiger partial charge in [-0.3, -0.25) is 4.79 Å². The number of carbonyl (C=O) groups is 1. The van der Waals surface area contributed by atoms with Crippen molar-refractivity contribution in [3.63, 3.8) is 0 Å². The van der Waals surface area contributed by atoms with Gasteiger partial charge in [-0.05, 0) is 24.5 Å². The topological polar surface area (TPSA) is 17.1 Å². The number of Topliss-reactive ketones (excluding diaryl/α,β-unsaturated/α-hetero) is 1. The minimum atomic E-state index is -4.77. The summed E-state index contributed by atoms with van der Waals surface area (Å²) >= 11 is 0. The SMILES string of the molecule is O=C1CCCCC1c1cccc(F)c1C(F)(F)F. The van der Waals surface area contributed by atoms with Gasteiger partial charge in [0.25, 0.3) is 0 Å². The second-order valence-corrected chi connectivity index (χ2v) is 4.47. The smallest absolute Gasteiger partial charge is 0.299 e. The largest absolute Gasteiger partial charge is 0.419 e. The molecule has 18 heavy (non-hydrogen) atoms. The molecule has 0 bridgehead atoms. The van der Waals surface area contributed by atoms with Crippen LogP contribution in [0.4, 0.5) is 17.6 Å². The number of ketones is 1. The van der Waals surface area contributed by atoms with Crippen molar-refractivity contribution in [3.05, 3.63) is 35.1 Å². The highest BCUT2D eigenvalue weighted by Gasteiger charge is 2.40. The number of benzene rings is 1. The van der Waals surface area contributed by atoms with Crippen molar-refractivity contribution < 1.29 is 22.4 Å². The van der Waals surface area contributed by atoms with Gasteiger partial charge < -0.3 is 0 Å². The van der Waals surface area contributed by atoms with Gasteiger partial charge >= 0.3 is 6.18 Å². The molecule has 5 heteroatoms. The number of alkyl halides is 3. The van der Waals surface area contributed by atoms with E-state index in [1.165, 1.54) is 12.1 Å². The molecule has 1 aromatic rings. The summed E-state index contributed by atoms with van der Waals surface area (Å²) < 4.78 is 51.9. The van der Waals surface area contributed by atoms with Crippen LogP contribution in [-0.2, 0) is 11.0 Å². The third-order valence-electron chi connectivity index (χ3n) is 3.26. The Kier molecular flexibility index (Phi) is 3.41. The van der Waals surface area contributed by atoms with Crippen LogP contribution in [-0.4, -0.2) is 5.78 Å². The summed E-state index contributed by atoms with van der Waals surface area (Å²) in [5.74, 6) is -2.35. The lowest BCUT2D eigenvalue weighted by molar-refractivity contribution is -0.141. The maximum atomic E-state index is 13.4. The summed E-state index contributed by atoms with van der Waals surface area (Å²) in [6, 6.07) is 3.21. The van der Waals surface area contributed by atoms with Crippen molar-refractivity contribution in [2.24, 2.45) is 0 Å². The Hall–Kier alpha value is -1.39. The molecule has 0 saturated heterocycles. The Labute approximate surface area is 102 Å². The van der Waals surface area contributed by atoms with E-state index < -0.39 is 23.5 Å². The number of carbonyl (C=O) groups excluding carboxylic acids is 1. The Morgan fingerprint density at radius 3 is 2.50 bits per heavy atom. The molecule has 1 unspecified atom stereocenters. The van der Waals surface area contributed by atoms with Crippen molar-refractivity contribution in [2.45, 2.75) is 37.8 Å². The zero-order valence-corrected chi connectivity index (χ0v) is 9.56. The van der Waals surface area contributed by atoms with E-state index in [-0.39, 0.29) is 17.8 Å². The van der Waals surface area contributed by atoms with Crippen LogP contribution in [0, 0.1) is 5.82 Å². The van der Waals surface area contributed by atoms with E-state index in [4.69, 9.17) is 0 Å². The van der Waals surface area contributed by atoms with Crippen LogP contribution in [0.1, 0.15) is 42.7 Å². The molecule has 0 N–H and O–H groups in total. The lowest BCUT2D eigenvalue weighted by Crippen LogP contribution is -2.22. The Bertz CT molecular complexity index is 465. The molecule has 1 atom stereocenters. The van der Waals surface area contributed by atoms with Gasteiger partial charge in [-0.1, -0.05) is 18.6 Å². The molecule has 0 aromatic heterocycles. The highest BCUT2D eigenvalue weighted by Crippen LogP contribution is 2.40. The predicted octanol–water partition coefficient (Wildman–Crippen LogP) is 4.07. The number of hydrogen-bond donors (Lipinski definition) is 0. The molecule has 0 radical (unpaired) electrons. The monoisotopic (exact) mass is 260 g/mol. The van der Waals surface area contributed by atoms with Gasteiger partial charge in [-0.2, -0.15) is 13.2 Å². The van der Waals surface area contributed by atoms with Gasteiger partial charge in [0.2, 0.25) is 0 Å². The molecule has 1 aliphatic carbocycles. The average molecular weight is 260 g/mol. The van der Waals surface area contributed by atoms with Gasteiger partial charge in [0.05, 0.1) is 5.56 Å². The molecule has 0 heterocycles. The van der Waals surface area contributed by atoms with E-state index in [1.807, 2.05) is 0 Å². The minimum Gasteiger partial charge on any atom is -0.299 e. The lowest BCUT2D eigenvalue weighted by atomic mass is 9.81. The lowest BCUT2D eigenvalue weighted by Gasteiger charge is -2.24. The molecule has 1 fully saturated rings. The molecule has 1 nitrogen and oxygen atoms in total. The molecule has 0 spiro atoms. The maximum absolute atomic E-state index is 13.4. The van der Waals surface area contributed by atoms with Gasteiger partial charge in [0.1, 0.15) is 11.6 Å². The van der Waals surface area contributed by atoms with Crippen LogP contribution in [0.25, 0.3) is 0 Å². The quantitative estimate of drug-likeness (QED) is 0.695. The fraction of sp³-hybridized carbons (Fsp3) is 0.462. The fourth-order valence-electron chi connectivity index (χ4n) is 2.44. The average Bonchev–Trinajstić information content (AvgIpc) is 2.27. The van der Waals surface area contributed by atoms with Gasteiger partial charge in [0.15, 0.2) is 0 Å². The molecular formula is C13H12F4O. The van der Waals surface area contributed by atoms with E-state index in [2.05, 4.69) is 0 Å². The third kappa shape index (κ3) is 2.40. The summed E-state index contributed by atoms with van der Waals surface area (Å²) in [5.41, 5.74) is -1.50. The molecule has 1 saturated carbocycles. The molecule has 1 aliphatic rings. The van der Waals surface area contributed by atoms with Crippen molar-refractivity contribution in [1.29, 1.82) is 0 Å². The first kappa shape index (κ1) is 13.1. The van der Waals surface area contributed by atoms with E-state index in [0.29, 0.717) is 19.3 Å². The summed E-state index contributed by atoms with van der Waals surface area (Å²) in [6.07, 6.45) is -2.72. The molecule has 98 valence electrons. The third-order valence-corrected chi connectivity index (χ3v) is 3.26. The summed E-state index contributed by atoms with van der Waals surface area (Å²) in [5, 5.41) is 0. The summed E-state index contributed by atoms with van der Waals surface area (Å²) in [4.78, 5) is 11.7. The molecule has 0 amide bonds. The van der Waals surface area contributed by atoms with Crippen molar-refractivity contribution in [2.75, 3.05) is 0 Å². The van der Waals surface area contributed by atoms with Crippen LogP contribution in [0.3, 0.4) is 0 Å². The van der Waals surface area contributed by atoms with Gasteiger partial charge in [0, 0.05) is 12.3 Å². The van der Waals surface area contributed by atoms with Crippen molar-refractivity contribution in [1.82, 2.24) is 0 Å². The Morgan fingerprint density at radius 1 is 1.17 bits per heavy atom. The minimum absolute atomic E-state index is 0.216. The summed E-state index contributed by atoms with van der Waals surface area (Å²) in [7, 11) is 0. The Morgan fingerprint density at radius 2 is 1.89 bits per heavy atom. The molecule has 2 rings (SSSR count).